The molecular formula is C24H24N4O3S2. The van der Waals surface area contributed by atoms with Gasteiger partial charge < -0.3 is 10.1 Å². The van der Waals surface area contributed by atoms with E-state index in [0.29, 0.717) is 28.5 Å². The van der Waals surface area contributed by atoms with Crippen molar-refractivity contribution < 1.29 is 9.53 Å². The van der Waals surface area contributed by atoms with E-state index in [0.717, 1.165) is 34.3 Å². The van der Waals surface area contributed by atoms with E-state index in [1.54, 1.807) is 10.8 Å². The van der Waals surface area contributed by atoms with Crippen molar-refractivity contribution in [2.45, 2.75) is 44.5 Å². The highest BCUT2D eigenvalue weighted by Gasteiger charge is 2.22. The van der Waals surface area contributed by atoms with Gasteiger partial charge >= 0.3 is 0 Å². The van der Waals surface area contributed by atoms with Gasteiger partial charge in [0.05, 0.1) is 23.9 Å². The number of benzene rings is 1. The number of anilines is 1. The SMILES string of the molecule is Cc1ccc(NC(=O)CSc2nc3c(sc4ncccc43)c(=O)n2CC2CCCO2)cc1C. The number of fused-ring (bicyclic) bond motifs is 3. The first-order valence-electron chi connectivity index (χ1n) is 10.9. The number of hydrogen-bond acceptors (Lipinski definition) is 7. The molecule has 1 unspecified atom stereocenters. The van der Waals surface area contributed by atoms with Gasteiger partial charge in [0.1, 0.15) is 9.53 Å². The molecule has 1 N–H and O–H groups in total. The lowest BCUT2D eigenvalue weighted by Crippen LogP contribution is -2.28. The van der Waals surface area contributed by atoms with Crippen LogP contribution in [0.2, 0.25) is 0 Å². The number of aryl methyl sites for hydroxylation is 2. The lowest BCUT2D eigenvalue weighted by Gasteiger charge is -2.15. The molecule has 0 radical (unpaired) electrons. The minimum Gasteiger partial charge on any atom is -0.376 e. The van der Waals surface area contributed by atoms with Crippen molar-refractivity contribution in [2.24, 2.45) is 0 Å². The molecule has 0 spiro atoms. The van der Waals surface area contributed by atoms with Crippen molar-refractivity contribution >= 4 is 55.1 Å². The van der Waals surface area contributed by atoms with Crippen molar-refractivity contribution in [2.75, 3.05) is 17.7 Å². The van der Waals surface area contributed by atoms with E-state index in [1.165, 1.54) is 28.7 Å². The summed E-state index contributed by atoms with van der Waals surface area (Å²) in [6.07, 6.45) is 3.60. The van der Waals surface area contributed by atoms with Crippen LogP contribution in [0.15, 0.2) is 46.5 Å². The highest BCUT2D eigenvalue weighted by Crippen LogP contribution is 2.31. The van der Waals surface area contributed by atoms with Gasteiger partial charge in [0.2, 0.25) is 5.91 Å². The highest BCUT2D eigenvalue weighted by atomic mass is 32.2. The molecule has 1 fully saturated rings. The molecule has 33 heavy (non-hydrogen) atoms. The van der Waals surface area contributed by atoms with Gasteiger partial charge in [0, 0.05) is 23.9 Å². The monoisotopic (exact) mass is 480 g/mol. The van der Waals surface area contributed by atoms with Crippen molar-refractivity contribution in [3.8, 4) is 0 Å². The van der Waals surface area contributed by atoms with Crippen LogP contribution in [0, 0.1) is 13.8 Å². The molecule has 0 bridgehead atoms. The fourth-order valence-corrected chi connectivity index (χ4v) is 5.78. The number of hydrogen-bond donors (Lipinski definition) is 1. The first kappa shape index (κ1) is 22.1. The van der Waals surface area contributed by atoms with E-state index < -0.39 is 0 Å². The Bertz CT molecular complexity index is 1410. The molecular weight excluding hydrogens is 456 g/mol. The Labute approximate surface area is 199 Å². The average molecular weight is 481 g/mol. The maximum atomic E-state index is 13.4. The fourth-order valence-electron chi connectivity index (χ4n) is 3.95. The Kier molecular flexibility index (Phi) is 6.18. The summed E-state index contributed by atoms with van der Waals surface area (Å²) in [6.45, 7) is 5.20. The Hall–Kier alpha value is -2.75. The second-order valence-corrected chi connectivity index (χ2v) is 10.2. The predicted octanol–water partition coefficient (Wildman–Crippen LogP) is 4.53. The Balaban J connectivity index is 1.45. The number of thioether (sulfide) groups is 1. The number of carbonyl (C=O) groups excluding carboxylic acids is 1. The van der Waals surface area contributed by atoms with Gasteiger partial charge in [-0.2, -0.15) is 0 Å². The van der Waals surface area contributed by atoms with E-state index in [4.69, 9.17) is 9.72 Å². The molecule has 1 atom stereocenters. The molecule has 1 aliphatic heterocycles. The molecule has 1 aliphatic rings. The van der Waals surface area contributed by atoms with Gasteiger partial charge in [-0.3, -0.25) is 14.2 Å². The Morgan fingerprint density at radius 3 is 2.97 bits per heavy atom. The summed E-state index contributed by atoms with van der Waals surface area (Å²) in [7, 11) is 0. The van der Waals surface area contributed by atoms with Gasteiger partial charge in [0.25, 0.3) is 5.56 Å². The van der Waals surface area contributed by atoms with Crippen LogP contribution < -0.4 is 10.9 Å². The quantitative estimate of drug-likeness (QED) is 0.322. The molecule has 1 aromatic carbocycles. The van der Waals surface area contributed by atoms with Crippen LogP contribution in [0.5, 0.6) is 0 Å². The van der Waals surface area contributed by atoms with Crippen molar-refractivity contribution in [1.29, 1.82) is 0 Å². The topological polar surface area (TPSA) is 86.1 Å². The number of ether oxygens (including phenoxy) is 1. The summed E-state index contributed by atoms with van der Waals surface area (Å²) in [5.41, 5.74) is 3.61. The highest BCUT2D eigenvalue weighted by molar-refractivity contribution is 7.99. The maximum absolute atomic E-state index is 13.4. The summed E-state index contributed by atoms with van der Waals surface area (Å²) < 4.78 is 8.04. The van der Waals surface area contributed by atoms with Crippen molar-refractivity contribution in [3.05, 3.63) is 58.0 Å². The van der Waals surface area contributed by atoms with Crippen LogP contribution >= 0.6 is 23.1 Å². The fraction of sp³-hybridized carbons (Fsp3) is 0.333. The maximum Gasteiger partial charge on any atom is 0.272 e. The number of nitrogens with zero attached hydrogens (tertiary/aromatic N) is 3. The normalized spacial score (nSPS) is 16.0. The summed E-state index contributed by atoms with van der Waals surface area (Å²) in [4.78, 5) is 36.1. The third kappa shape index (κ3) is 4.53. The molecule has 7 nitrogen and oxygen atoms in total. The standard InChI is InChI=1S/C24H24N4O3S2/c1-14-7-8-16(11-15(14)2)26-19(29)13-32-24-27-20-18-6-3-9-25-22(18)33-21(20)23(30)28(24)12-17-5-4-10-31-17/h3,6-9,11,17H,4-5,10,12-13H2,1-2H3,(H,26,29). The third-order valence-corrected chi connectivity index (χ3v) is 7.92. The van der Waals surface area contributed by atoms with Crippen LogP contribution in [0.4, 0.5) is 5.69 Å². The first-order chi connectivity index (χ1) is 16.0. The lowest BCUT2D eigenvalue weighted by molar-refractivity contribution is -0.113. The molecule has 0 saturated carbocycles. The number of rotatable bonds is 6. The second-order valence-electron chi connectivity index (χ2n) is 8.22. The first-order valence-corrected chi connectivity index (χ1v) is 12.7. The van der Waals surface area contributed by atoms with Crippen LogP contribution in [0.3, 0.4) is 0 Å². The van der Waals surface area contributed by atoms with Crippen molar-refractivity contribution in [1.82, 2.24) is 14.5 Å². The molecule has 5 rings (SSSR count). The van der Waals surface area contributed by atoms with E-state index in [1.807, 2.05) is 44.2 Å². The van der Waals surface area contributed by atoms with Gasteiger partial charge in [0.15, 0.2) is 5.16 Å². The summed E-state index contributed by atoms with van der Waals surface area (Å²) in [5, 5.41) is 4.33. The minimum absolute atomic E-state index is 0.0156. The minimum atomic E-state index is -0.141. The molecule has 170 valence electrons. The number of carbonyl (C=O) groups is 1. The molecule has 3 aromatic heterocycles. The number of aromatic nitrogens is 3. The number of amides is 1. The van der Waals surface area contributed by atoms with Crippen LogP contribution in [-0.4, -0.2) is 38.9 Å². The number of pyridine rings is 1. The summed E-state index contributed by atoms with van der Waals surface area (Å²) >= 11 is 2.64. The molecule has 1 amide bonds. The Morgan fingerprint density at radius 2 is 2.18 bits per heavy atom. The zero-order valence-corrected chi connectivity index (χ0v) is 20.1. The molecule has 4 heterocycles. The smallest absolute Gasteiger partial charge is 0.272 e. The zero-order valence-electron chi connectivity index (χ0n) is 18.5. The van der Waals surface area contributed by atoms with E-state index in [-0.39, 0.29) is 23.3 Å². The molecule has 9 heteroatoms. The third-order valence-electron chi connectivity index (χ3n) is 5.85. The van der Waals surface area contributed by atoms with Crippen LogP contribution in [0.25, 0.3) is 20.4 Å². The Morgan fingerprint density at radius 1 is 1.30 bits per heavy atom. The largest absolute Gasteiger partial charge is 0.376 e. The van der Waals surface area contributed by atoms with Crippen LogP contribution in [-0.2, 0) is 16.1 Å². The zero-order chi connectivity index (χ0) is 22.9. The van der Waals surface area contributed by atoms with Gasteiger partial charge in [-0.1, -0.05) is 17.8 Å². The van der Waals surface area contributed by atoms with Crippen molar-refractivity contribution in [3.63, 3.8) is 0 Å². The van der Waals surface area contributed by atoms with Gasteiger partial charge in [-0.15, -0.1) is 11.3 Å². The predicted molar refractivity (Wildman–Crippen MR) is 133 cm³/mol. The van der Waals surface area contributed by atoms with E-state index in [9.17, 15) is 9.59 Å². The number of nitrogens with one attached hydrogen (secondary N) is 1. The molecule has 4 aromatic rings. The average Bonchev–Trinajstić information content (AvgIpc) is 3.45. The van der Waals surface area contributed by atoms with Crippen LogP contribution in [0.1, 0.15) is 24.0 Å². The van der Waals surface area contributed by atoms with E-state index >= 15 is 0 Å². The summed E-state index contributed by atoms with van der Waals surface area (Å²) in [5.74, 6) is 0.00888. The second kappa shape index (κ2) is 9.24. The van der Waals surface area contributed by atoms with E-state index in [2.05, 4.69) is 10.3 Å². The number of thiophene rings is 1. The summed E-state index contributed by atoms with van der Waals surface area (Å²) in [6, 6.07) is 9.62. The molecule has 1 saturated heterocycles. The van der Waals surface area contributed by atoms with Gasteiger partial charge in [-0.05, 0) is 62.1 Å². The van der Waals surface area contributed by atoms with Gasteiger partial charge in [-0.25, -0.2) is 9.97 Å². The lowest BCUT2D eigenvalue weighted by atomic mass is 10.1. The molecule has 0 aliphatic carbocycles.